The zero-order valence-corrected chi connectivity index (χ0v) is 9.74. The molecule has 1 aromatic heterocycles. The summed E-state index contributed by atoms with van der Waals surface area (Å²) >= 11 is 0. The molecule has 2 aliphatic rings. The van der Waals surface area contributed by atoms with Crippen LogP contribution in [-0.4, -0.2) is 50.4 Å². The molecule has 3 heterocycles. The Morgan fingerprint density at radius 3 is 2.80 bits per heavy atom. The molecule has 0 bridgehead atoms. The van der Waals surface area contributed by atoms with E-state index in [0.717, 1.165) is 16.8 Å². The van der Waals surface area contributed by atoms with E-state index in [0.29, 0.717) is 0 Å². The molecule has 0 radical (unpaired) electrons. The number of hydrogen-bond acceptors (Lipinski definition) is 6. The monoisotopic (exact) mass is 294 g/mol. The number of halogens is 3. The zero-order valence-electron chi connectivity index (χ0n) is 9.74. The minimum absolute atomic E-state index is 0.236. The van der Waals surface area contributed by atoms with Crippen LogP contribution in [0.5, 0.6) is 6.01 Å². The quantitative estimate of drug-likeness (QED) is 0.703. The molecular formula is C10H9F3N2O5. The summed E-state index contributed by atoms with van der Waals surface area (Å²) in [6.45, 7) is -1.45. The highest BCUT2D eigenvalue weighted by atomic mass is 19.4. The molecule has 7 nitrogen and oxygen atoms in total. The van der Waals surface area contributed by atoms with E-state index in [2.05, 4.69) is 4.98 Å². The molecule has 1 saturated heterocycles. The van der Waals surface area contributed by atoms with Crippen LogP contribution in [-0.2, 0) is 4.74 Å². The first-order valence-electron chi connectivity index (χ1n) is 5.59. The predicted molar refractivity (Wildman–Crippen MR) is 54.9 cm³/mol. The first-order chi connectivity index (χ1) is 9.30. The summed E-state index contributed by atoms with van der Waals surface area (Å²) < 4.78 is 50.1. The van der Waals surface area contributed by atoms with Crippen molar-refractivity contribution in [2.24, 2.45) is 0 Å². The summed E-state index contributed by atoms with van der Waals surface area (Å²) in [6.07, 6.45) is -8.69. The van der Waals surface area contributed by atoms with Crippen LogP contribution in [0, 0.1) is 0 Å². The molecule has 2 N–H and O–H groups in total. The number of ether oxygens (including phenoxy) is 2. The summed E-state index contributed by atoms with van der Waals surface area (Å²) in [5.41, 5.74) is -3.75. The van der Waals surface area contributed by atoms with Gasteiger partial charge in [0.2, 0.25) is 5.60 Å². The minimum atomic E-state index is -4.98. The van der Waals surface area contributed by atoms with Crippen molar-refractivity contribution in [1.82, 2.24) is 9.55 Å². The van der Waals surface area contributed by atoms with E-state index in [4.69, 9.17) is 14.6 Å². The average molecular weight is 294 g/mol. The van der Waals surface area contributed by atoms with Crippen LogP contribution in [0.2, 0.25) is 0 Å². The topological polar surface area (TPSA) is 93.8 Å². The third-order valence-corrected chi connectivity index (χ3v) is 3.44. The summed E-state index contributed by atoms with van der Waals surface area (Å²) in [4.78, 5) is 14.5. The lowest BCUT2D eigenvalue weighted by atomic mass is 9.95. The van der Waals surface area contributed by atoms with Crippen LogP contribution in [0.1, 0.15) is 6.23 Å². The highest BCUT2D eigenvalue weighted by Crippen LogP contribution is 2.50. The average Bonchev–Trinajstić information content (AvgIpc) is 2.83. The Hall–Kier alpha value is -1.65. The van der Waals surface area contributed by atoms with Crippen molar-refractivity contribution in [2.45, 2.75) is 30.2 Å². The lowest BCUT2D eigenvalue weighted by Crippen LogP contribution is -2.58. The van der Waals surface area contributed by atoms with Crippen molar-refractivity contribution in [3.8, 4) is 6.01 Å². The minimum Gasteiger partial charge on any atom is -0.453 e. The second-order valence-electron chi connectivity index (χ2n) is 4.54. The molecule has 3 rings (SSSR count). The van der Waals surface area contributed by atoms with Gasteiger partial charge in [0.1, 0.15) is 6.10 Å². The number of fused-ring (bicyclic) bond motifs is 3. The number of hydrogen-bond donors (Lipinski definition) is 2. The second-order valence-corrected chi connectivity index (χ2v) is 4.54. The molecule has 0 amide bonds. The second kappa shape index (κ2) is 3.93. The molecule has 1 fully saturated rings. The number of nitrogens with zero attached hydrogens (tertiary/aromatic N) is 2. The van der Waals surface area contributed by atoms with Gasteiger partial charge >= 0.3 is 12.2 Å². The predicted octanol–water partition coefficient (Wildman–Crippen LogP) is -0.813. The van der Waals surface area contributed by atoms with Gasteiger partial charge in [-0.1, -0.05) is 0 Å². The van der Waals surface area contributed by atoms with E-state index >= 15 is 0 Å². The molecule has 2 aliphatic heterocycles. The van der Waals surface area contributed by atoms with Crippen LogP contribution >= 0.6 is 0 Å². The Morgan fingerprint density at radius 2 is 2.20 bits per heavy atom. The summed E-state index contributed by atoms with van der Waals surface area (Å²) in [5.74, 6) is 0. The Morgan fingerprint density at radius 1 is 1.50 bits per heavy atom. The number of alkyl halides is 3. The van der Waals surface area contributed by atoms with Crippen molar-refractivity contribution >= 4 is 0 Å². The number of aliphatic hydroxyl groups excluding tert-OH is 2. The summed E-state index contributed by atoms with van der Waals surface area (Å²) in [5, 5.41) is 18.9. The fourth-order valence-electron chi connectivity index (χ4n) is 2.37. The number of aliphatic hydroxyl groups is 2. The van der Waals surface area contributed by atoms with Crippen molar-refractivity contribution in [3.05, 3.63) is 22.6 Å². The maximum Gasteiger partial charge on any atom is 0.422 e. The summed E-state index contributed by atoms with van der Waals surface area (Å²) in [7, 11) is 0. The van der Waals surface area contributed by atoms with Gasteiger partial charge in [-0.3, -0.25) is 9.36 Å². The van der Waals surface area contributed by atoms with Crippen molar-refractivity contribution in [3.63, 3.8) is 0 Å². The van der Waals surface area contributed by atoms with Crippen molar-refractivity contribution in [2.75, 3.05) is 6.61 Å². The highest BCUT2D eigenvalue weighted by molar-refractivity contribution is 5.15. The largest absolute Gasteiger partial charge is 0.453 e. The van der Waals surface area contributed by atoms with E-state index < -0.39 is 42.4 Å². The molecule has 4 atom stereocenters. The standard InChI is InChI=1S/C10H9F3N2O5/c11-10(12,13)9(3-16)6(18)5-7(20-9)15-2-1-4(17)14-8(15)19-5/h1-2,5-7,16,18H,3H2/t5-,6-,7+,9+/m0/s1. The van der Waals surface area contributed by atoms with Crippen LogP contribution < -0.4 is 10.3 Å². The van der Waals surface area contributed by atoms with Crippen LogP contribution in [0.4, 0.5) is 13.2 Å². The summed E-state index contributed by atoms with van der Waals surface area (Å²) in [6, 6.07) is 0.789. The molecule has 0 spiro atoms. The van der Waals surface area contributed by atoms with Crippen molar-refractivity contribution < 1.29 is 32.9 Å². The Bertz CT molecular complexity index is 603. The first kappa shape index (κ1) is 13.3. The van der Waals surface area contributed by atoms with Crippen LogP contribution in [0.15, 0.2) is 17.1 Å². The van der Waals surface area contributed by atoms with Gasteiger partial charge in [0.15, 0.2) is 12.3 Å². The molecule has 10 heteroatoms. The number of aromatic nitrogens is 2. The van der Waals surface area contributed by atoms with Gasteiger partial charge in [-0.25, -0.2) is 0 Å². The third kappa shape index (κ3) is 1.52. The van der Waals surface area contributed by atoms with Crippen LogP contribution in [0.25, 0.3) is 0 Å². The lowest BCUT2D eigenvalue weighted by molar-refractivity contribution is -0.306. The molecule has 0 saturated carbocycles. The maximum atomic E-state index is 13.0. The molecule has 0 aliphatic carbocycles. The maximum absolute atomic E-state index is 13.0. The SMILES string of the molecule is O=c1ccn2c(n1)O[C@@H]1[C@H]2O[C@@](CO)(C(F)(F)F)[C@H]1O. The molecule has 0 unspecified atom stereocenters. The molecule has 1 aromatic rings. The van der Waals surface area contributed by atoms with Gasteiger partial charge < -0.3 is 19.7 Å². The first-order valence-corrected chi connectivity index (χ1v) is 5.59. The molecule has 20 heavy (non-hydrogen) atoms. The smallest absolute Gasteiger partial charge is 0.422 e. The van der Waals surface area contributed by atoms with Crippen LogP contribution in [0.3, 0.4) is 0 Å². The highest BCUT2D eigenvalue weighted by Gasteiger charge is 2.71. The van der Waals surface area contributed by atoms with Gasteiger partial charge in [-0.2, -0.15) is 18.2 Å². The Labute approximate surface area is 109 Å². The number of rotatable bonds is 1. The van der Waals surface area contributed by atoms with E-state index in [1.165, 1.54) is 0 Å². The van der Waals surface area contributed by atoms with Gasteiger partial charge in [-0.05, 0) is 0 Å². The fraction of sp³-hybridized carbons (Fsp3) is 0.600. The molecule has 0 aromatic carbocycles. The van der Waals surface area contributed by atoms with Gasteiger partial charge in [-0.15, -0.1) is 0 Å². The normalized spacial score (nSPS) is 35.5. The fourth-order valence-corrected chi connectivity index (χ4v) is 2.37. The van der Waals surface area contributed by atoms with Crippen molar-refractivity contribution in [1.29, 1.82) is 0 Å². The van der Waals surface area contributed by atoms with E-state index in [9.17, 15) is 23.1 Å². The Kier molecular flexibility index (Phi) is 2.62. The third-order valence-electron chi connectivity index (χ3n) is 3.44. The van der Waals surface area contributed by atoms with E-state index in [1.807, 2.05) is 0 Å². The lowest BCUT2D eigenvalue weighted by Gasteiger charge is -2.32. The zero-order chi connectivity index (χ0) is 14.7. The Balaban J connectivity index is 2.04. The van der Waals surface area contributed by atoms with Gasteiger partial charge in [0.05, 0.1) is 6.61 Å². The van der Waals surface area contributed by atoms with Gasteiger partial charge in [0, 0.05) is 12.3 Å². The van der Waals surface area contributed by atoms with Gasteiger partial charge in [0.25, 0.3) is 5.56 Å². The van der Waals surface area contributed by atoms with E-state index in [1.54, 1.807) is 0 Å². The molecular weight excluding hydrogens is 285 g/mol. The molecule has 110 valence electrons. The van der Waals surface area contributed by atoms with E-state index in [-0.39, 0.29) is 6.01 Å².